The Bertz CT molecular complexity index is 550. The van der Waals surface area contributed by atoms with Crippen LogP contribution in [0, 0.1) is 0 Å². The van der Waals surface area contributed by atoms with Crippen LogP contribution in [0.5, 0.6) is 0 Å². The molecule has 0 spiro atoms. The molecule has 19 heavy (non-hydrogen) atoms. The first-order chi connectivity index (χ1) is 9.33. The van der Waals surface area contributed by atoms with Gasteiger partial charge in [0.25, 0.3) is 0 Å². The molecule has 1 fully saturated rings. The van der Waals surface area contributed by atoms with E-state index < -0.39 is 0 Å². The van der Waals surface area contributed by atoms with Crippen LogP contribution in [0.25, 0.3) is 0 Å². The number of ketones is 1. The highest BCUT2D eigenvalue weighted by Gasteiger charge is 2.31. The third-order valence-electron chi connectivity index (χ3n) is 3.65. The second kappa shape index (κ2) is 5.37. The number of benzene rings is 2. The van der Waals surface area contributed by atoms with Gasteiger partial charge in [0.2, 0.25) is 0 Å². The van der Waals surface area contributed by atoms with Crippen molar-refractivity contribution in [2.24, 2.45) is 0 Å². The summed E-state index contributed by atoms with van der Waals surface area (Å²) in [5, 5.41) is 0. The summed E-state index contributed by atoms with van der Waals surface area (Å²) in [6.07, 6.45) is 0.636. The maximum atomic E-state index is 11.8. The first-order valence-electron chi connectivity index (χ1n) is 6.67. The molecule has 1 saturated heterocycles. The van der Waals surface area contributed by atoms with Gasteiger partial charge < -0.3 is 0 Å². The predicted octanol–water partition coefficient (Wildman–Crippen LogP) is 3.20. The van der Waals surface area contributed by atoms with Gasteiger partial charge in [-0.15, -0.1) is 0 Å². The SMILES string of the molecule is O=C1C[C@@H](c2ccccc2)N(Cc2ccccc2)C1. The molecule has 0 aromatic heterocycles. The van der Waals surface area contributed by atoms with E-state index in [1.54, 1.807) is 0 Å². The molecule has 1 atom stereocenters. The van der Waals surface area contributed by atoms with E-state index >= 15 is 0 Å². The summed E-state index contributed by atoms with van der Waals surface area (Å²) < 4.78 is 0. The molecule has 0 unspecified atom stereocenters. The molecule has 1 aliphatic heterocycles. The Morgan fingerprint density at radius 3 is 2.26 bits per heavy atom. The van der Waals surface area contributed by atoms with Crippen molar-refractivity contribution >= 4 is 5.78 Å². The normalized spacial score (nSPS) is 19.8. The van der Waals surface area contributed by atoms with Crippen molar-refractivity contribution in [2.75, 3.05) is 6.54 Å². The molecule has 1 aliphatic rings. The Hall–Kier alpha value is -1.93. The first kappa shape index (κ1) is 12.1. The zero-order chi connectivity index (χ0) is 13.1. The molecule has 0 radical (unpaired) electrons. The van der Waals surface area contributed by atoms with Crippen LogP contribution in [-0.4, -0.2) is 17.2 Å². The van der Waals surface area contributed by atoms with E-state index in [4.69, 9.17) is 0 Å². The molecular weight excluding hydrogens is 234 g/mol. The van der Waals surface area contributed by atoms with Crippen LogP contribution in [0.2, 0.25) is 0 Å². The number of hydrogen-bond donors (Lipinski definition) is 0. The minimum Gasteiger partial charge on any atom is -0.298 e. The molecule has 0 saturated carbocycles. The molecule has 0 N–H and O–H groups in total. The molecule has 0 bridgehead atoms. The summed E-state index contributed by atoms with van der Waals surface area (Å²) in [6.45, 7) is 1.40. The summed E-state index contributed by atoms with van der Waals surface area (Å²) in [4.78, 5) is 14.1. The van der Waals surface area contributed by atoms with Gasteiger partial charge in [-0.3, -0.25) is 9.69 Å². The standard InChI is InChI=1S/C17H17NO/c19-16-11-17(15-9-5-2-6-10-15)18(13-16)12-14-7-3-1-4-8-14/h1-10,17H,11-13H2/t17-/m0/s1. The van der Waals surface area contributed by atoms with E-state index in [0.717, 1.165) is 6.54 Å². The van der Waals surface area contributed by atoms with Crippen LogP contribution in [-0.2, 0) is 11.3 Å². The Balaban J connectivity index is 1.81. The Labute approximate surface area is 113 Å². The maximum Gasteiger partial charge on any atom is 0.148 e. The lowest BCUT2D eigenvalue weighted by Gasteiger charge is -2.23. The minimum atomic E-state index is 0.230. The number of hydrogen-bond acceptors (Lipinski definition) is 2. The van der Waals surface area contributed by atoms with Gasteiger partial charge in [-0.25, -0.2) is 0 Å². The van der Waals surface area contributed by atoms with E-state index in [0.29, 0.717) is 18.7 Å². The smallest absolute Gasteiger partial charge is 0.148 e. The zero-order valence-electron chi connectivity index (χ0n) is 10.8. The second-order valence-electron chi connectivity index (χ2n) is 5.06. The third-order valence-corrected chi connectivity index (χ3v) is 3.65. The third kappa shape index (κ3) is 2.74. The molecular formula is C17H17NO. The molecule has 1 heterocycles. The Kier molecular flexibility index (Phi) is 3.43. The molecule has 96 valence electrons. The van der Waals surface area contributed by atoms with E-state index in [-0.39, 0.29) is 6.04 Å². The number of carbonyl (C=O) groups excluding carboxylic acids is 1. The van der Waals surface area contributed by atoms with Crippen molar-refractivity contribution in [1.82, 2.24) is 4.90 Å². The topological polar surface area (TPSA) is 20.3 Å². The van der Waals surface area contributed by atoms with Crippen molar-refractivity contribution < 1.29 is 4.79 Å². The van der Waals surface area contributed by atoms with E-state index in [9.17, 15) is 4.79 Å². The lowest BCUT2D eigenvalue weighted by molar-refractivity contribution is -0.117. The first-order valence-corrected chi connectivity index (χ1v) is 6.67. The molecule has 0 amide bonds. The van der Waals surface area contributed by atoms with Crippen LogP contribution < -0.4 is 0 Å². The van der Waals surface area contributed by atoms with Crippen LogP contribution in [0.15, 0.2) is 60.7 Å². The van der Waals surface area contributed by atoms with Crippen molar-refractivity contribution in [3.8, 4) is 0 Å². The van der Waals surface area contributed by atoms with Gasteiger partial charge in [0, 0.05) is 19.0 Å². The lowest BCUT2D eigenvalue weighted by atomic mass is 10.0. The minimum absolute atomic E-state index is 0.230. The fourth-order valence-electron chi connectivity index (χ4n) is 2.73. The van der Waals surface area contributed by atoms with Crippen LogP contribution in [0.1, 0.15) is 23.6 Å². The summed E-state index contributed by atoms with van der Waals surface area (Å²) in [6, 6.07) is 20.9. The van der Waals surface area contributed by atoms with Crippen molar-refractivity contribution in [3.05, 3.63) is 71.8 Å². The van der Waals surface area contributed by atoms with Crippen molar-refractivity contribution in [1.29, 1.82) is 0 Å². The fourth-order valence-corrected chi connectivity index (χ4v) is 2.73. The van der Waals surface area contributed by atoms with Gasteiger partial charge in [-0.1, -0.05) is 60.7 Å². The number of rotatable bonds is 3. The van der Waals surface area contributed by atoms with Gasteiger partial charge in [-0.05, 0) is 11.1 Å². The van der Waals surface area contributed by atoms with Gasteiger partial charge in [0.1, 0.15) is 5.78 Å². The van der Waals surface area contributed by atoms with Gasteiger partial charge in [0.15, 0.2) is 0 Å². The fraction of sp³-hybridized carbons (Fsp3) is 0.235. The van der Waals surface area contributed by atoms with Crippen LogP contribution in [0.3, 0.4) is 0 Å². The molecule has 2 heteroatoms. The van der Waals surface area contributed by atoms with Crippen molar-refractivity contribution in [3.63, 3.8) is 0 Å². The highest BCUT2D eigenvalue weighted by molar-refractivity contribution is 5.83. The summed E-state index contributed by atoms with van der Waals surface area (Å²) in [5.74, 6) is 0.338. The molecule has 0 aliphatic carbocycles. The number of Topliss-reactive ketones (excluding diaryl/α,β-unsaturated/α-hetero) is 1. The van der Waals surface area contributed by atoms with Crippen LogP contribution >= 0.6 is 0 Å². The van der Waals surface area contributed by atoms with Gasteiger partial charge >= 0.3 is 0 Å². The Morgan fingerprint density at radius 2 is 1.58 bits per heavy atom. The molecule has 2 aromatic rings. The van der Waals surface area contributed by atoms with E-state index in [1.165, 1.54) is 11.1 Å². The summed E-state index contributed by atoms with van der Waals surface area (Å²) in [7, 11) is 0. The molecule has 2 nitrogen and oxygen atoms in total. The highest BCUT2D eigenvalue weighted by Crippen LogP contribution is 2.31. The van der Waals surface area contributed by atoms with Gasteiger partial charge in [0.05, 0.1) is 6.54 Å². The Morgan fingerprint density at radius 1 is 0.947 bits per heavy atom. The molecule has 2 aromatic carbocycles. The average Bonchev–Trinajstić information content (AvgIpc) is 2.82. The number of likely N-dealkylation sites (tertiary alicyclic amines) is 1. The summed E-state index contributed by atoms with van der Waals surface area (Å²) in [5.41, 5.74) is 2.50. The number of carbonyl (C=O) groups is 1. The largest absolute Gasteiger partial charge is 0.298 e. The monoisotopic (exact) mass is 251 g/mol. The van der Waals surface area contributed by atoms with E-state index in [1.807, 2.05) is 36.4 Å². The van der Waals surface area contributed by atoms with Crippen LogP contribution in [0.4, 0.5) is 0 Å². The lowest BCUT2D eigenvalue weighted by Crippen LogP contribution is -2.23. The van der Waals surface area contributed by atoms with Gasteiger partial charge in [-0.2, -0.15) is 0 Å². The molecule has 3 rings (SSSR count). The van der Waals surface area contributed by atoms with Crippen molar-refractivity contribution in [2.45, 2.75) is 19.0 Å². The zero-order valence-corrected chi connectivity index (χ0v) is 10.8. The predicted molar refractivity (Wildman–Crippen MR) is 75.7 cm³/mol. The second-order valence-corrected chi connectivity index (χ2v) is 5.06. The maximum absolute atomic E-state index is 11.8. The number of nitrogens with zero attached hydrogens (tertiary/aromatic N) is 1. The summed E-state index contributed by atoms with van der Waals surface area (Å²) >= 11 is 0. The van der Waals surface area contributed by atoms with E-state index in [2.05, 4.69) is 29.2 Å². The average molecular weight is 251 g/mol. The highest BCUT2D eigenvalue weighted by atomic mass is 16.1. The quantitative estimate of drug-likeness (QED) is 0.835.